The molecule has 80 valence electrons. The van der Waals surface area contributed by atoms with Crippen LogP contribution in [-0.2, 0) is 16.6 Å². The van der Waals surface area contributed by atoms with Crippen LogP contribution in [-0.4, -0.2) is 24.7 Å². The number of H-pyrrole nitrogens is 1. The van der Waals surface area contributed by atoms with Crippen LogP contribution in [0.3, 0.4) is 0 Å². The van der Waals surface area contributed by atoms with Crippen molar-refractivity contribution in [1.82, 2.24) is 14.9 Å². The Kier molecular flexibility index (Phi) is 3.25. The zero-order valence-corrected chi connectivity index (χ0v) is 8.93. The Bertz CT molecular complexity index is 396. The van der Waals surface area contributed by atoms with Gasteiger partial charge in [-0.3, -0.25) is 5.10 Å². The summed E-state index contributed by atoms with van der Waals surface area (Å²) in [4.78, 5) is 0. The van der Waals surface area contributed by atoms with E-state index >= 15 is 0 Å². The molecule has 0 bridgehead atoms. The molecule has 0 fully saturated rings. The summed E-state index contributed by atoms with van der Waals surface area (Å²) in [6.07, 6.45) is 1.41. The first-order chi connectivity index (χ1) is 6.47. The van der Waals surface area contributed by atoms with Crippen molar-refractivity contribution in [3.05, 3.63) is 11.8 Å². The van der Waals surface area contributed by atoms with Crippen LogP contribution < -0.4 is 10.5 Å². The zero-order chi connectivity index (χ0) is 10.8. The highest BCUT2D eigenvalue weighted by molar-refractivity contribution is 7.89. The lowest BCUT2D eigenvalue weighted by Gasteiger charge is -2.08. The van der Waals surface area contributed by atoms with Crippen LogP contribution in [0, 0.1) is 0 Å². The SMILES string of the molecule is CC(C)NS(=O)(=O)c1[nH]ncc1CN. The molecular formula is C7H14N4O2S. The van der Waals surface area contributed by atoms with Gasteiger partial charge in [0.05, 0.1) is 6.20 Å². The van der Waals surface area contributed by atoms with E-state index in [0.717, 1.165) is 0 Å². The van der Waals surface area contributed by atoms with Gasteiger partial charge >= 0.3 is 0 Å². The number of sulfonamides is 1. The third-order valence-electron chi connectivity index (χ3n) is 1.56. The van der Waals surface area contributed by atoms with Gasteiger partial charge in [-0.1, -0.05) is 0 Å². The topological polar surface area (TPSA) is 101 Å². The molecule has 0 saturated heterocycles. The molecule has 0 unspecified atom stereocenters. The predicted molar refractivity (Wildman–Crippen MR) is 51.9 cm³/mol. The van der Waals surface area contributed by atoms with Gasteiger partial charge in [0.2, 0.25) is 0 Å². The number of nitrogens with zero attached hydrogens (tertiary/aromatic N) is 1. The van der Waals surface area contributed by atoms with Crippen LogP contribution in [0.2, 0.25) is 0 Å². The molecule has 1 heterocycles. The molecule has 7 heteroatoms. The number of nitrogens with one attached hydrogen (secondary N) is 2. The molecule has 1 aromatic rings. The summed E-state index contributed by atoms with van der Waals surface area (Å²) < 4.78 is 25.7. The van der Waals surface area contributed by atoms with E-state index in [0.29, 0.717) is 5.56 Å². The largest absolute Gasteiger partial charge is 0.326 e. The summed E-state index contributed by atoms with van der Waals surface area (Å²) in [6.45, 7) is 3.64. The fraction of sp³-hybridized carbons (Fsp3) is 0.571. The Morgan fingerprint density at radius 1 is 1.64 bits per heavy atom. The van der Waals surface area contributed by atoms with Gasteiger partial charge < -0.3 is 5.73 Å². The van der Waals surface area contributed by atoms with Crippen LogP contribution in [0.4, 0.5) is 0 Å². The second-order valence-corrected chi connectivity index (χ2v) is 4.86. The highest BCUT2D eigenvalue weighted by atomic mass is 32.2. The average molecular weight is 218 g/mol. The zero-order valence-electron chi connectivity index (χ0n) is 8.11. The highest BCUT2D eigenvalue weighted by Gasteiger charge is 2.20. The minimum absolute atomic E-state index is 0.0497. The van der Waals surface area contributed by atoms with Gasteiger partial charge in [-0.05, 0) is 13.8 Å². The lowest BCUT2D eigenvalue weighted by Crippen LogP contribution is -2.31. The van der Waals surface area contributed by atoms with Crippen LogP contribution in [0.5, 0.6) is 0 Å². The van der Waals surface area contributed by atoms with Crippen molar-refractivity contribution in [2.45, 2.75) is 31.5 Å². The third-order valence-corrected chi connectivity index (χ3v) is 3.23. The molecule has 0 amide bonds. The normalized spacial score (nSPS) is 12.3. The fourth-order valence-corrected chi connectivity index (χ4v) is 2.44. The highest BCUT2D eigenvalue weighted by Crippen LogP contribution is 2.10. The fourth-order valence-electron chi connectivity index (χ4n) is 1.05. The van der Waals surface area contributed by atoms with Crippen molar-refractivity contribution in [3.8, 4) is 0 Å². The molecule has 0 aromatic carbocycles. The first kappa shape index (κ1) is 11.2. The lowest BCUT2D eigenvalue weighted by molar-refractivity contribution is 0.564. The van der Waals surface area contributed by atoms with E-state index in [1.165, 1.54) is 6.20 Å². The summed E-state index contributed by atoms with van der Waals surface area (Å²) in [5.41, 5.74) is 5.85. The van der Waals surface area contributed by atoms with E-state index < -0.39 is 10.0 Å². The molecular weight excluding hydrogens is 204 g/mol. The quantitative estimate of drug-likeness (QED) is 0.637. The summed E-state index contributed by atoms with van der Waals surface area (Å²) >= 11 is 0. The number of aromatic nitrogens is 2. The van der Waals surface area contributed by atoms with Crippen molar-refractivity contribution < 1.29 is 8.42 Å². The van der Waals surface area contributed by atoms with E-state index in [4.69, 9.17) is 5.73 Å². The van der Waals surface area contributed by atoms with E-state index in [1.807, 2.05) is 0 Å². The van der Waals surface area contributed by atoms with E-state index in [2.05, 4.69) is 14.9 Å². The molecule has 1 rings (SSSR count). The monoisotopic (exact) mass is 218 g/mol. The molecule has 0 aliphatic heterocycles. The molecule has 4 N–H and O–H groups in total. The Balaban J connectivity index is 3.04. The van der Waals surface area contributed by atoms with Gasteiger partial charge in [-0.2, -0.15) is 5.10 Å². The first-order valence-corrected chi connectivity index (χ1v) is 5.70. The van der Waals surface area contributed by atoms with Crippen LogP contribution >= 0.6 is 0 Å². The first-order valence-electron chi connectivity index (χ1n) is 4.22. The maximum absolute atomic E-state index is 11.6. The van der Waals surface area contributed by atoms with Crippen molar-refractivity contribution >= 4 is 10.0 Å². The standard InChI is InChI=1S/C7H14N4O2S/c1-5(2)11-14(12,13)7-6(3-8)4-9-10-7/h4-5,11H,3,8H2,1-2H3,(H,9,10). The minimum atomic E-state index is -3.51. The smallest absolute Gasteiger partial charge is 0.258 e. The van der Waals surface area contributed by atoms with Crippen molar-refractivity contribution in [1.29, 1.82) is 0 Å². The lowest BCUT2D eigenvalue weighted by atomic mass is 10.4. The van der Waals surface area contributed by atoms with Gasteiger partial charge in [0.25, 0.3) is 10.0 Å². The molecule has 14 heavy (non-hydrogen) atoms. The Hall–Kier alpha value is -0.920. The van der Waals surface area contributed by atoms with Crippen LogP contribution in [0.25, 0.3) is 0 Å². The summed E-state index contributed by atoms with van der Waals surface area (Å²) in [6, 6.07) is -0.158. The maximum Gasteiger partial charge on any atom is 0.258 e. The van der Waals surface area contributed by atoms with Gasteiger partial charge in [-0.25, -0.2) is 13.1 Å². The second-order valence-electron chi connectivity index (χ2n) is 3.20. The Morgan fingerprint density at radius 3 is 2.79 bits per heavy atom. The molecule has 1 aromatic heterocycles. The van der Waals surface area contributed by atoms with E-state index in [-0.39, 0.29) is 17.6 Å². The molecule has 0 spiro atoms. The number of hydrogen-bond acceptors (Lipinski definition) is 4. The maximum atomic E-state index is 11.6. The van der Waals surface area contributed by atoms with Crippen molar-refractivity contribution in [2.24, 2.45) is 5.73 Å². The van der Waals surface area contributed by atoms with Crippen molar-refractivity contribution in [2.75, 3.05) is 0 Å². The third kappa shape index (κ3) is 2.31. The Labute approximate surface area is 82.9 Å². The number of aromatic amines is 1. The summed E-state index contributed by atoms with van der Waals surface area (Å²) in [5.74, 6) is 0. The summed E-state index contributed by atoms with van der Waals surface area (Å²) in [5, 5.41) is 6.11. The molecule has 0 atom stereocenters. The van der Waals surface area contributed by atoms with Crippen molar-refractivity contribution in [3.63, 3.8) is 0 Å². The van der Waals surface area contributed by atoms with Gasteiger partial charge in [0.15, 0.2) is 5.03 Å². The summed E-state index contributed by atoms with van der Waals surface area (Å²) in [7, 11) is -3.51. The number of nitrogens with two attached hydrogens (primary N) is 1. The van der Waals surface area contributed by atoms with Gasteiger partial charge in [0, 0.05) is 18.2 Å². The number of rotatable bonds is 4. The molecule has 0 aliphatic carbocycles. The van der Waals surface area contributed by atoms with E-state index in [1.54, 1.807) is 13.8 Å². The Morgan fingerprint density at radius 2 is 2.29 bits per heavy atom. The average Bonchev–Trinajstić information content (AvgIpc) is 2.48. The van der Waals surface area contributed by atoms with Crippen LogP contribution in [0.1, 0.15) is 19.4 Å². The molecule has 0 radical (unpaired) electrons. The number of hydrogen-bond donors (Lipinski definition) is 3. The van der Waals surface area contributed by atoms with Crippen LogP contribution in [0.15, 0.2) is 11.2 Å². The molecule has 0 aliphatic rings. The van der Waals surface area contributed by atoms with Gasteiger partial charge in [0.1, 0.15) is 0 Å². The molecule has 0 saturated carbocycles. The predicted octanol–water partition coefficient (Wildman–Crippen LogP) is -0.445. The van der Waals surface area contributed by atoms with Gasteiger partial charge in [-0.15, -0.1) is 0 Å². The van der Waals surface area contributed by atoms with E-state index in [9.17, 15) is 8.42 Å². The second kappa shape index (κ2) is 4.07. The molecule has 6 nitrogen and oxygen atoms in total. The minimum Gasteiger partial charge on any atom is -0.326 e.